The minimum atomic E-state index is -0.685. The van der Waals surface area contributed by atoms with Gasteiger partial charge in [-0.25, -0.2) is 0 Å². The molecule has 0 aromatic heterocycles. The van der Waals surface area contributed by atoms with Crippen LogP contribution < -0.4 is 0 Å². The van der Waals surface area contributed by atoms with E-state index in [9.17, 15) is 10.2 Å². The van der Waals surface area contributed by atoms with E-state index in [0.717, 1.165) is 13.0 Å². The summed E-state index contributed by atoms with van der Waals surface area (Å²) in [5, 5.41) is 20.0. The van der Waals surface area contributed by atoms with Crippen LogP contribution in [0.1, 0.15) is 48.0 Å². The minimum absolute atomic E-state index is 0.106. The van der Waals surface area contributed by atoms with Crippen molar-refractivity contribution in [2.45, 2.75) is 65.2 Å². The molecule has 2 N–H and O–H groups in total. The second kappa shape index (κ2) is 3.97. The van der Waals surface area contributed by atoms with Crippen molar-refractivity contribution in [1.29, 1.82) is 0 Å². The molecule has 1 atom stereocenters. The quantitative estimate of drug-likeness (QED) is 0.756. The predicted octanol–water partition coefficient (Wildman–Crippen LogP) is 1.63. The Bertz CT molecular complexity index is 253. The zero-order chi connectivity index (χ0) is 12.8. The first-order valence-corrected chi connectivity index (χ1v) is 6.14. The number of aliphatic hydroxyl groups is 2. The topological polar surface area (TPSA) is 43.7 Å². The zero-order valence-electron chi connectivity index (χ0n) is 11.5. The highest BCUT2D eigenvalue weighted by Crippen LogP contribution is 2.43. The molecule has 3 heteroatoms. The molecule has 0 bridgehead atoms. The van der Waals surface area contributed by atoms with E-state index in [0.29, 0.717) is 6.54 Å². The fourth-order valence-electron chi connectivity index (χ4n) is 2.48. The summed E-state index contributed by atoms with van der Waals surface area (Å²) in [5.74, 6) is 0. The molecule has 1 rings (SSSR count). The maximum atomic E-state index is 10.1. The second-order valence-corrected chi connectivity index (χ2v) is 6.82. The molecule has 1 aliphatic rings. The Kier molecular flexibility index (Phi) is 3.46. The van der Waals surface area contributed by atoms with Gasteiger partial charge in [0.25, 0.3) is 0 Å². The number of aliphatic hydroxyl groups excluding tert-OH is 1. The monoisotopic (exact) mass is 229 g/mol. The van der Waals surface area contributed by atoms with Crippen LogP contribution in [0, 0.1) is 5.41 Å². The van der Waals surface area contributed by atoms with Crippen LogP contribution in [0.2, 0.25) is 0 Å². The van der Waals surface area contributed by atoms with Crippen molar-refractivity contribution in [3.8, 4) is 0 Å². The van der Waals surface area contributed by atoms with Crippen LogP contribution in [-0.4, -0.2) is 45.4 Å². The Morgan fingerprint density at radius 1 is 1.25 bits per heavy atom. The number of β-amino-alcohol motifs (C(OH)–C–C–N with tert-alkyl or cyclic N) is 1. The largest absolute Gasteiger partial charge is 0.392 e. The van der Waals surface area contributed by atoms with Gasteiger partial charge in [0.1, 0.15) is 0 Å². The molecule has 1 aliphatic heterocycles. The molecule has 0 aliphatic carbocycles. The fourth-order valence-corrected chi connectivity index (χ4v) is 2.48. The first-order chi connectivity index (χ1) is 6.98. The van der Waals surface area contributed by atoms with Crippen LogP contribution in [0.25, 0.3) is 0 Å². The smallest absolute Gasteiger partial charge is 0.0718 e. The van der Waals surface area contributed by atoms with Crippen LogP contribution >= 0.6 is 0 Å². The lowest BCUT2D eigenvalue weighted by Crippen LogP contribution is -2.65. The highest BCUT2D eigenvalue weighted by Gasteiger charge is 2.50. The normalized spacial score (nSPS) is 30.4. The molecule has 1 unspecified atom stereocenters. The van der Waals surface area contributed by atoms with E-state index in [4.69, 9.17) is 0 Å². The third-order valence-corrected chi connectivity index (χ3v) is 4.45. The highest BCUT2D eigenvalue weighted by molar-refractivity contribution is 5.03. The van der Waals surface area contributed by atoms with Gasteiger partial charge in [-0.15, -0.1) is 0 Å². The molecule has 1 fully saturated rings. The summed E-state index contributed by atoms with van der Waals surface area (Å²) in [6.07, 6.45) is 0.521. The van der Waals surface area contributed by atoms with Gasteiger partial charge in [0.15, 0.2) is 0 Å². The van der Waals surface area contributed by atoms with Crippen LogP contribution in [0.3, 0.4) is 0 Å². The van der Waals surface area contributed by atoms with Crippen molar-refractivity contribution in [1.82, 2.24) is 4.90 Å². The summed E-state index contributed by atoms with van der Waals surface area (Å²) in [4.78, 5) is 2.29. The fraction of sp³-hybridized carbons (Fsp3) is 1.00. The third-order valence-electron chi connectivity index (χ3n) is 4.45. The van der Waals surface area contributed by atoms with Gasteiger partial charge in [0.05, 0.1) is 11.7 Å². The van der Waals surface area contributed by atoms with E-state index in [-0.39, 0.29) is 17.1 Å². The summed E-state index contributed by atoms with van der Waals surface area (Å²) < 4.78 is 0. The maximum absolute atomic E-state index is 10.1. The SMILES string of the molecule is CC(C)(O)CN1CCC(O)C(C)(C)C1(C)C. The Balaban J connectivity index is 2.90. The zero-order valence-corrected chi connectivity index (χ0v) is 11.5. The Labute approximate surface area is 99.5 Å². The molecule has 0 radical (unpaired) electrons. The standard InChI is InChI=1S/C13H27NO2/c1-11(2,16)9-14-8-7-10(15)12(3,4)13(14,5)6/h10,15-16H,7-9H2,1-6H3. The molecular weight excluding hydrogens is 202 g/mol. The third kappa shape index (κ3) is 2.41. The lowest BCUT2D eigenvalue weighted by Gasteiger charge is -2.56. The highest BCUT2D eigenvalue weighted by atomic mass is 16.3. The molecule has 96 valence electrons. The molecule has 1 saturated heterocycles. The van der Waals surface area contributed by atoms with Gasteiger partial charge in [-0.3, -0.25) is 4.90 Å². The molecular formula is C13H27NO2. The van der Waals surface area contributed by atoms with Crippen molar-refractivity contribution in [2.24, 2.45) is 5.41 Å². The van der Waals surface area contributed by atoms with Crippen LogP contribution in [-0.2, 0) is 0 Å². The van der Waals surface area contributed by atoms with Gasteiger partial charge in [-0.05, 0) is 34.1 Å². The molecule has 0 aromatic carbocycles. The molecule has 16 heavy (non-hydrogen) atoms. The number of piperidine rings is 1. The summed E-state index contributed by atoms with van der Waals surface area (Å²) in [5.41, 5.74) is -0.948. The van der Waals surface area contributed by atoms with Gasteiger partial charge in [0.2, 0.25) is 0 Å². The number of rotatable bonds is 2. The molecule has 0 saturated carbocycles. The Morgan fingerprint density at radius 3 is 2.19 bits per heavy atom. The van der Waals surface area contributed by atoms with Crippen molar-refractivity contribution in [3.05, 3.63) is 0 Å². The summed E-state index contributed by atoms with van der Waals surface area (Å²) >= 11 is 0. The van der Waals surface area contributed by atoms with Gasteiger partial charge in [0, 0.05) is 24.0 Å². The molecule has 0 spiro atoms. The molecule has 1 heterocycles. The molecule has 0 aromatic rings. The van der Waals surface area contributed by atoms with Crippen LogP contribution in [0.5, 0.6) is 0 Å². The number of nitrogens with zero attached hydrogens (tertiary/aromatic N) is 1. The molecule has 0 amide bonds. The van der Waals surface area contributed by atoms with E-state index in [1.807, 2.05) is 13.8 Å². The van der Waals surface area contributed by atoms with E-state index in [2.05, 4.69) is 32.6 Å². The van der Waals surface area contributed by atoms with Gasteiger partial charge >= 0.3 is 0 Å². The van der Waals surface area contributed by atoms with Crippen LogP contribution in [0.15, 0.2) is 0 Å². The predicted molar refractivity (Wildman–Crippen MR) is 66.4 cm³/mol. The first kappa shape index (κ1) is 13.9. The average Bonchev–Trinajstić information content (AvgIpc) is 2.06. The van der Waals surface area contributed by atoms with Crippen molar-refractivity contribution >= 4 is 0 Å². The number of likely N-dealkylation sites (tertiary alicyclic amines) is 1. The van der Waals surface area contributed by atoms with Crippen molar-refractivity contribution < 1.29 is 10.2 Å². The minimum Gasteiger partial charge on any atom is -0.392 e. The second-order valence-electron chi connectivity index (χ2n) is 6.82. The summed E-state index contributed by atoms with van der Waals surface area (Å²) in [6, 6.07) is 0. The van der Waals surface area contributed by atoms with Crippen LogP contribution in [0.4, 0.5) is 0 Å². The average molecular weight is 229 g/mol. The Hall–Kier alpha value is -0.120. The maximum Gasteiger partial charge on any atom is 0.0718 e. The van der Waals surface area contributed by atoms with Crippen molar-refractivity contribution in [2.75, 3.05) is 13.1 Å². The number of hydrogen-bond acceptors (Lipinski definition) is 3. The lowest BCUT2D eigenvalue weighted by molar-refractivity contribution is -0.131. The lowest BCUT2D eigenvalue weighted by atomic mass is 9.66. The van der Waals surface area contributed by atoms with E-state index >= 15 is 0 Å². The first-order valence-electron chi connectivity index (χ1n) is 6.14. The van der Waals surface area contributed by atoms with E-state index in [1.165, 1.54) is 0 Å². The van der Waals surface area contributed by atoms with Gasteiger partial charge < -0.3 is 10.2 Å². The van der Waals surface area contributed by atoms with Gasteiger partial charge in [-0.1, -0.05) is 13.8 Å². The molecule has 3 nitrogen and oxygen atoms in total. The number of hydrogen-bond donors (Lipinski definition) is 2. The van der Waals surface area contributed by atoms with E-state index < -0.39 is 5.60 Å². The van der Waals surface area contributed by atoms with Crippen molar-refractivity contribution in [3.63, 3.8) is 0 Å². The Morgan fingerprint density at radius 2 is 1.75 bits per heavy atom. The summed E-state index contributed by atoms with van der Waals surface area (Å²) in [7, 11) is 0. The van der Waals surface area contributed by atoms with E-state index in [1.54, 1.807) is 0 Å². The van der Waals surface area contributed by atoms with Gasteiger partial charge in [-0.2, -0.15) is 0 Å². The summed E-state index contributed by atoms with van der Waals surface area (Å²) in [6.45, 7) is 13.7.